The lowest BCUT2D eigenvalue weighted by Crippen LogP contribution is -1.98. The Kier molecular flexibility index (Phi) is 6.35. The topological polar surface area (TPSA) is 33.0 Å². The van der Waals surface area contributed by atoms with Crippen molar-refractivity contribution in [2.75, 3.05) is 0 Å². The van der Waals surface area contributed by atoms with Gasteiger partial charge in [0.05, 0.1) is 11.6 Å². The van der Waals surface area contributed by atoms with Crippen molar-refractivity contribution in [3.63, 3.8) is 0 Å². The van der Waals surface area contributed by atoms with Crippen molar-refractivity contribution in [1.82, 2.24) is 0 Å². The predicted molar refractivity (Wildman–Crippen MR) is 221 cm³/mol. The molecule has 0 N–H and O–H groups in total. The summed E-state index contributed by atoms with van der Waals surface area (Å²) in [5.74, 6) is 1.54. The average molecular weight is 672 g/mol. The van der Waals surface area contributed by atoms with Crippen molar-refractivity contribution in [3.8, 4) is 62.1 Å². The molecular formula is C51H29NO. The zero-order chi connectivity index (χ0) is 35.0. The Morgan fingerprint density at radius 3 is 1.58 bits per heavy atom. The SMILES string of the molecule is N#Cc1ccc2c(c1)Oc1cccc3c(-c4ccc5cc(-c6cc7c8ccccc8c(-c8ccccc8)cc7c7ccccc67)ccc5c4)ccc-2c13. The molecule has 0 radical (unpaired) electrons. The quantitative estimate of drug-likeness (QED) is 0.175. The van der Waals surface area contributed by atoms with E-state index in [4.69, 9.17) is 4.74 Å². The third-order valence-electron chi connectivity index (χ3n) is 11.1. The van der Waals surface area contributed by atoms with E-state index in [9.17, 15) is 5.26 Å². The summed E-state index contributed by atoms with van der Waals surface area (Å²) in [5.41, 5.74) is 9.99. The highest BCUT2D eigenvalue weighted by Gasteiger charge is 2.22. The minimum Gasteiger partial charge on any atom is -0.456 e. The molecule has 0 saturated heterocycles. The van der Waals surface area contributed by atoms with Crippen LogP contribution in [-0.2, 0) is 0 Å². The molecule has 0 saturated carbocycles. The standard InChI is InChI=1S/C51H29NO/c52-30-31-17-22-42-44-24-23-37(43-15-8-16-49(51(43)44)53-50(42)25-31)35-20-18-34-27-36(21-19-33(34)26-35)46-29-48-40-13-6-4-11-38(40)45(32-9-2-1-3-10-32)28-47(48)41-14-7-5-12-39(41)46/h1-29H. The summed E-state index contributed by atoms with van der Waals surface area (Å²) >= 11 is 0. The van der Waals surface area contributed by atoms with Gasteiger partial charge in [-0.3, -0.25) is 0 Å². The summed E-state index contributed by atoms with van der Waals surface area (Å²) in [6, 6.07) is 65.4. The van der Waals surface area contributed by atoms with Crippen LogP contribution in [0.25, 0.3) is 98.4 Å². The second-order valence-corrected chi connectivity index (χ2v) is 13.9. The van der Waals surface area contributed by atoms with E-state index in [1.807, 2.05) is 24.3 Å². The molecule has 0 amide bonds. The number of nitriles is 1. The van der Waals surface area contributed by atoms with Crippen LogP contribution in [0.5, 0.6) is 11.5 Å². The van der Waals surface area contributed by atoms with Crippen LogP contribution in [0, 0.1) is 11.3 Å². The minimum absolute atomic E-state index is 0.593. The van der Waals surface area contributed by atoms with Gasteiger partial charge >= 0.3 is 0 Å². The molecule has 10 aromatic rings. The van der Waals surface area contributed by atoms with Gasteiger partial charge in [-0.15, -0.1) is 0 Å². The van der Waals surface area contributed by atoms with Gasteiger partial charge in [-0.25, -0.2) is 0 Å². The van der Waals surface area contributed by atoms with E-state index in [1.165, 1.54) is 70.9 Å². The molecule has 2 heteroatoms. The van der Waals surface area contributed by atoms with E-state index >= 15 is 0 Å². The number of rotatable bonds is 3. The van der Waals surface area contributed by atoms with Crippen molar-refractivity contribution in [2.24, 2.45) is 0 Å². The van der Waals surface area contributed by atoms with E-state index in [2.05, 4.69) is 158 Å². The minimum atomic E-state index is 0.593. The van der Waals surface area contributed by atoms with Crippen molar-refractivity contribution < 1.29 is 4.74 Å². The number of hydrogen-bond acceptors (Lipinski definition) is 2. The van der Waals surface area contributed by atoms with Crippen LogP contribution in [0.15, 0.2) is 176 Å². The molecule has 0 fully saturated rings. The highest BCUT2D eigenvalue weighted by molar-refractivity contribution is 6.24. The monoisotopic (exact) mass is 671 g/mol. The fourth-order valence-corrected chi connectivity index (χ4v) is 8.58. The van der Waals surface area contributed by atoms with Gasteiger partial charge in [0, 0.05) is 10.9 Å². The fraction of sp³-hybridized carbons (Fsp3) is 0. The zero-order valence-corrected chi connectivity index (χ0v) is 28.6. The molecule has 1 aliphatic rings. The summed E-state index contributed by atoms with van der Waals surface area (Å²) in [5, 5.41) is 21.7. The molecule has 0 atom stereocenters. The van der Waals surface area contributed by atoms with Crippen molar-refractivity contribution >= 4 is 53.9 Å². The summed E-state index contributed by atoms with van der Waals surface area (Å²) in [7, 11) is 0. The summed E-state index contributed by atoms with van der Waals surface area (Å²) in [4.78, 5) is 0. The third-order valence-corrected chi connectivity index (χ3v) is 11.1. The van der Waals surface area contributed by atoms with Gasteiger partial charge in [0.2, 0.25) is 0 Å². The Bertz CT molecular complexity index is 3210. The van der Waals surface area contributed by atoms with Crippen molar-refractivity contribution in [2.45, 2.75) is 0 Å². The van der Waals surface area contributed by atoms with E-state index in [1.54, 1.807) is 0 Å². The van der Waals surface area contributed by atoms with Gasteiger partial charge in [0.15, 0.2) is 0 Å². The van der Waals surface area contributed by atoms with Gasteiger partial charge in [-0.2, -0.15) is 5.26 Å². The number of fused-ring (bicyclic) bond motifs is 8. The Labute approximate surface area is 306 Å². The molecule has 1 heterocycles. The predicted octanol–water partition coefficient (Wildman–Crippen LogP) is 14.1. The molecule has 0 bridgehead atoms. The van der Waals surface area contributed by atoms with Gasteiger partial charge < -0.3 is 4.74 Å². The molecule has 244 valence electrons. The van der Waals surface area contributed by atoms with Crippen LogP contribution in [0.4, 0.5) is 0 Å². The van der Waals surface area contributed by atoms with Gasteiger partial charge in [0.25, 0.3) is 0 Å². The first-order valence-corrected chi connectivity index (χ1v) is 18.0. The zero-order valence-electron chi connectivity index (χ0n) is 28.6. The first-order chi connectivity index (χ1) is 26.2. The molecular weight excluding hydrogens is 643 g/mol. The van der Waals surface area contributed by atoms with E-state index in [-0.39, 0.29) is 0 Å². The number of ether oxygens (including phenoxy) is 1. The molecule has 1 aliphatic heterocycles. The van der Waals surface area contributed by atoms with Crippen LogP contribution < -0.4 is 4.74 Å². The second-order valence-electron chi connectivity index (χ2n) is 13.9. The van der Waals surface area contributed by atoms with Gasteiger partial charge in [-0.05, 0) is 136 Å². The maximum Gasteiger partial charge on any atom is 0.136 e. The Morgan fingerprint density at radius 2 is 0.906 bits per heavy atom. The van der Waals surface area contributed by atoms with Crippen LogP contribution >= 0.6 is 0 Å². The molecule has 0 spiro atoms. The second kappa shape index (κ2) is 11.4. The number of hydrogen-bond donors (Lipinski definition) is 0. The smallest absolute Gasteiger partial charge is 0.136 e. The third kappa shape index (κ3) is 4.51. The maximum absolute atomic E-state index is 9.45. The number of benzene rings is 10. The number of nitrogens with zero attached hydrogens (tertiary/aromatic N) is 1. The Hall–Kier alpha value is -7.21. The molecule has 0 aliphatic carbocycles. The molecule has 0 aromatic heterocycles. The van der Waals surface area contributed by atoms with Crippen molar-refractivity contribution in [3.05, 3.63) is 181 Å². The largest absolute Gasteiger partial charge is 0.456 e. The lowest BCUT2D eigenvalue weighted by molar-refractivity contribution is 0.487. The molecule has 2 nitrogen and oxygen atoms in total. The first-order valence-electron chi connectivity index (χ1n) is 18.0. The Balaban J connectivity index is 1.05. The highest BCUT2D eigenvalue weighted by Crippen LogP contribution is 2.49. The average Bonchev–Trinajstić information content (AvgIpc) is 3.23. The van der Waals surface area contributed by atoms with Crippen LogP contribution in [0.3, 0.4) is 0 Å². The van der Waals surface area contributed by atoms with Crippen LogP contribution in [0.2, 0.25) is 0 Å². The van der Waals surface area contributed by atoms with E-state index < -0.39 is 0 Å². The molecule has 11 rings (SSSR count). The van der Waals surface area contributed by atoms with Crippen molar-refractivity contribution in [1.29, 1.82) is 5.26 Å². The first kappa shape index (κ1) is 29.5. The van der Waals surface area contributed by atoms with Crippen LogP contribution in [0.1, 0.15) is 5.56 Å². The van der Waals surface area contributed by atoms with E-state index in [0.29, 0.717) is 5.56 Å². The Morgan fingerprint density at radius 1 is 0.340 bits per heavy atom. The van der Waals surface area contributed by atoms with Crippen LogP contribution in [-0.4, -0.2) is 0 Å². The lowest BCUT2D eigenvalue weighted by Gasteiger charge is -2.22. The highest BCUT2D eigenvalue weighted by atomic mass is 16.5. The van der Waals surface area contributed by atoms with E-state index in [0.717, 1.165) is 39.0 Å². The summed E-state index contributed by atoms with van der Waals surface area (Å²) in [6.45, 7) is 0. The normalized spacial score (nSPS) is 11.9. The summed E-state index contributed by atoms with van der Waals surface area (Å²) < 4.78 is 6.36. The molecule has 53 heavy (non-hydrogen) atoms. The lowest BCUT2D eigenvalue weighted by atomic mass is 9.87. The summed E-state index contributed by atoms with van der Waals surface area (Å²) in [6.07, 6.45) is 0. The van der Waals surface area contributed by atoms with Gasteiger partial charge in [0.1, 0.15) is 11.5 Å². The maximum atomic E-state index is 9.45. The molecule has 0 unspecified atom stereocenters. The fourth-order valence-electron chi connectivity index (χ4n) is 8.58. The van der Waals surface area contributed by atoms with Gasteiger partial charge in [-0.1, -0.05) is 127 Å². The molecule has 10 aromatic carbocycles.